The predicted molar refractivity (Wildman–Crippen MR) is 80.6 cm³/mol. The Morgan fingerprint density at radius 1 is 1.30 bits per heavy atom. The minimum absolute atomic E-state index is 0.748. The first-order chi connectivity index (χ1) is 9.92. The zero-order valence-electron chi connectivity index (χ0n) is 11.4. The van der Waals surface area contributed by atoms with Crippen molar-refractivity contribution in [3.63, 3.8) is 0 Å². The summed E-state index contributed by atoms with van der Waals surface area (Å²) in [6.07, 6.45) is 4.15. The van der Waals surface area contributed by atoms with Crippen LogP contribution in [0.5, 0.6) is 0 Å². The number of hydrogen-bond acceptors (Lipinski definition) is 5. The van der Waals surface area contributed by atoms with E-state index in [1.54, 1.807) is 17.5 Å². The SMILES string of the molecule is c1ccc(-c2nc(CNCC3CCOCC3)cs2)nc1. The molecule has 20 heavy (non-hydrogen) atoms. The summed E-state index contributed by atoms with van der Waals surface area (Å²) in [7, 11) is 0. The topological polar surface area (TPSA) is 47.0 Å². The van der Waals surface area contributed by atoms with Crippen LogP contribution in [-0.4, -0.2) is 29.7 Å². The Morgan fingerprint density at radius 3 is 3.00 bits per heavy atom. The summed E-state index contributed by atoms with van der Waals surface area (Å²) >= 11 is 1.66. The molecule has 1 fully saturated rings. The molecule has 0 aromatic carbocycles. The lowest BCUT2D eigenvalue weighted by Gasteiger charge is -2.21. The van der Waals surface area contributed by atoms with Gasteiger partial charge in [0.25, 0.3) is 0 Å². The summed E-state index contributed by atoms with van der Waals surface area (Å²) in [5.41, 5.74) is 2.05. The highest BCUT2D eigenvalue weighted by Gasteiger charge is 2.13. The van der Waals surface area contributed by atoms with E-state index in [1.165, 1.54) is 12.8 Å². The van der Waals surface area contributed by atoms with Crippen LogP contribution in [-0.2, 0) is 11.3 Å². The van der Waals surface area contributed by atoms with E-state index in [1.807, 2.05) is 18.2 Å². The molecule has 0 aliphatic carbocycles. The summed E-state index contributed by atoms with van der Waals surface area (Å²) in [6, 6.07) is 5.92. The van der Waals surface area contributed by atoms with E-state index < -0.39 is 0 Å². The lowest BCUT2D eigenvalue weighted by Crippen LogP contribution is -2.27. The third-order valence-corrected chi connectivity index (χ3v) is 4.43. The predicted octanol–water partition coefficient (Wildman–Crippen LogP) is 2.72. The number of thiazole rings is 1. The highest BCUT2D eigenvalue weighted by atomic mass is 32.1. The largest absolute Gasteiger partial charge is 0.381 e. The third-order valence-electron chi connectivity index (χ3n) is 3.52. The molecule has 0 radical (unpaired) electrons. The van der Waals surface area contributed by atoms with Crippen molar-refractivity contribution in [2.24, 2.45) is 5.92 Å². The van der Waals surface area contributed by atoms with Crippen LogP contribution in [0.3, 0.4) is 0 Å². The average molecular weight is 289 g/mol. The molecule has 0 saturated carbocycles. The smallest absolute Gasteiger partial charge is 0.142 e. The summed E-state index contributed by atoms with van der Waals surface area (Å²) in [5.74, 6) is 0.748. The van der Waals surface area contributed by atoms with Crippen LogP contribution in [0, 0.1) is 5.92 Å². The standard InChI is InChI=1S/C15H19N3OS/c1-2-6-17-14(3-1)15-18-13(11-20-15)10-16-9-12-4-7-19-8-5-12/h1-3,6,11-12,16H,4-5,7-10H2. The molecule has 4 nitrogen and oxygen atoms in total. The highest BCUT2D eigenvalue weighted by molar-refractivity contribution is 7.13. The molecule has 1 N–H and O–H groups in total. The Kier molecular flexibility index (Phi) is 4.73. The zero-order chi connectivity index (χ0) is 13.6. The summed E-state index contributed by atoms with van der Waals surface area (Å²) in [5, 5.41) is 6.61. The van der Waals surface area contributed by atoms with E-state index in [0.29, 0.717) is 0 Å². The van der Waals surface area contributed by atoms with Crippen LogP contribution in [0.25, 0.3) is 10.7 Å². The fourth-order valence-electron chi connectivity index (χ4n) is 2.35. The van der Waals surface area contributed by atoms with Gasteiger partial charge in [-0.05, 0) is 37.4 Å². The van der Waals surface area contributed by atoms with Gasteiger partial charge in [-0.1, -0.05) is 6.07 Å². The number of pyridine rings is 1. The zero-order valence-corrected chi connectivity index (χ0v) is 12.2. The molecule has 2 aromatic heterocycles. The third kappa shape index (κ3) is 3.62. The molecule has 5 heteroatoms. The second kappa shape index (κ2) is 6.92. The van der Waals surface area contributed by atoms with Gasteiger partial charge in [0.2, 0.25) is 0 Å². The van der Waals surface area contributed by atoms with Crippen LogP contribution >= 0.6 is 11.3 Å². The molecule has 0 atom stereocenters. The molecule has 1 aliphatic heterocycles. The van der Waals surface area contributed by atoms with Crippen molar-refractivity contribution in [2.45, 2.75) is 19.4 Å². The molecule has 3 heterocycles. The Hall–Kier alpha value is -1.30. The van der Waals surface area contributed by atoms with E-state index in [-0.39, 0.29) is 0 Å². The van der Waals surface area contributed by atoms with E-state index in [4.69, 9.17) is 4.74 Å². The van der Waals surface area contributed by atoms with Gasteiger partial charge in [0.1, 0.15) is 5.01 Å². The van der Waals surface area contributed by atoms with Crippen LogP contribution in [0.15, 0.2) is 29.8 Å². The second-order valence-corrected chi connectivity index (χ2v) is 5.90. The van der Waals surface area contributed by atoms with Crippen molar-refractivity contribution in [1.82, 2.24) is 15.3 Å². The van der Waals surface area contributed by atoms with Gasteiger partial charge in [-0.25, -0.2) is 4.98 Å². The fraction of sp³-hybridized carbons (Fsp3) is 0.467. The number of ether oxygens (including phenoxy) is 1. The van der Waals surface area contributed by atoms with Gasteiger partial charge in [0, 0.05) is 31.3 Å². The molecule has 0 spiro atoms. The van der Waals surface area contributed by atoms with Gasteiger partial charge in [0.15, 0.2) is 0 Å². The molecule has 1 saturated heterocycles. The summed E-state index contributed by atoms with van der Waals surface area (Å²) in [4.78, 5) is 8.96. The Labute approximate surface area is 123 Å². The molecule has 3 rings (SSSR count). The number of rotatable bonds is 5. The minimum Gasteiger partial charge on any atom is -0.381 e. The molecule has 2 aromatic rings. The normalized spacial score (nSPS) is 16.4. The van der Waals surface area contributed by atoms with Crippen molar-refractivity contribution in [2.75, 3.05) is 19.8 Å². The number of hydrogen-bond donors (Lipinski definition) is 1. The van der Waals surface area contributed by atoms with Gasteiger partial charge < -0.3 is 10.1 Å². The molecular weight excluding hydrogens is 270 g/mol. The Bertz CT molecular complexity index is 523. The maximum atomic E-state index is 5.37. The Morgan fingerprint density at radius 2 is 2.20 bits per heavy atom. The molecule has 0 unspecified atom stereocenters. The van der Waals surface area contributed by atoms with Gasteiger partial charge in [-0.15, -0.1) is 11.3 Å². The number of nitrogens with one attached hydrogen (secondary N) is 1. The van der Waals surface area contributed by atoms with E-state index in [0.717, 1.165) is 48.6 Å². The van der Waals surface area contributed by atoms with Crippen LogP contribution in [0.4, 0.5) is 0 Å². The van der Waals surface area contributed by atoms with Crippen LogP contribution < -0.4 is 5.32 Å². The van der Waals surface area contributed by atoms with E-state index >= 15 is 0 Å². The fourth-order valence-corrected chi connectivity index (χ4v) is 3.15. The maximum absolute atomic E-state index is 5.37. The van der Waals surface area contributed by atoms with Gasteiger partial charge in [-0.3, -0.25) is 4.98 Å². The van der Waals surface area contributed by atoms with Crippen molar-refractivity contribution in [3.8, 4) is 10.7 Å². The van der Waals surface area contributed by atoms with Crippen molar-refractivity contribution in [3.05, 3.63) is 35.5 Å². The molecule has 0 bridgehead atoms. The van der Waals surface area contributed by atoms with E-state index in [2.05, 4.69) is 20.7 Å². The van der Waals surface area contributed by atoms with Crippen molar-refractivity contribution < 1.29 is 4.74 Å². The van der Waals surface area contributed by atoms with Crippen molar-refractivity contribution >= 4 is 11.3 Å². The summed E-state index contributed by atoms with van der Waals surface area (Å²) in [6.45, 7) is 3.71. The highest BCUT2D eigenvalue weighted by Crippen LogP contribution is 2.21. The van der Waals surface area contributed by atoms with Gasteiger partial charge in [-0.2, -0.15) is 0 Å². The lowest BCUT2D eigenvalue weighted by atomic mass is 10.0. The van der Waals surface area contributed by atoms with Crippen molar-refractivity contribution in [1.29, 1.82) is 0 Å². The molecule has 106 valence electrons. The molecule has 1 aliphatic rings. The first-order valence-electron chi connectivity index (χ1n) is 7.06. The summed E-state index contributed by atoms with van der Waals surface area (Å²) < 4.78 is 5.37. The first-order valence-corrected chi connectivity index (χ1v) is 7.94. The Balaban J connectivity index is 1.50. The lowest BCUT2D eigenvalue weighted by molar-refractivity contribution is 0.0662. The van der Waals surface area contributed by atoms with E-state index in [9.17, 15) is 0 Å². The first kappa shape index (κ1) is 13.7. The van der Waals surface area contributed by atoms with Gasteiger partial charge in [0.05, 0.1) is 11.4 Å². The van der Waals surface area contributed by atoms with Gasteiger partial charge >= 0.3 is 0 Å². The second-order valence-electron chi connectivity index (χ2n) is 5.05. The van der Waals surface area contributed by atoms with Crippen LogP contribution in [0.2, 0.25) is 0 Å². The maximum Gasteiger partial charge on any atom is 0.142 e. The monoisotopic (exact) mass is 289 g/mol. The quantitative estimate of drug-likeness (QED) is 0.919. The number of nitrogens with zero attached hydrogens (tertiary/aromatic N) is 2. The van der Waals surface area contributed by atoms with Crippen LogP contribution in [0.1, 0.15) is 18.5 Å². The molecule has 0 amide bonds. The number of aromatic nitrogens is 2. The minimum atomic E-state index is 0.748. The average Bonchev–Trinajstić information content (AvgIpc) is 2.98. The molecular formula is C15H19N3OS.